The quantitative estimate of drug-likeness (QED) is 0.0696. The molecule has 0 heterocycles. The van der Waals surface area contributed by atoms with E-state index in [1.54, 1.807) is 12.1 Å². The number of unbranched alkanes of at least 4 members (excludes halogenated alkanes) is 7. The van der Waals surface area contributed by atoms with Crippen LogP contribution in [0.4, 0.5) is 0 Å². The number of hydrogen-bond acceptors (Lipinski definition) is 7. The zero-order valence-electron chi connectivity index (χ0n) is 22.2. The van der Waals surface area contributed by atoms with Crippen LogP contribution in [-0.2, 0) is 14.4 Å². The Balaban J connectivity index is 1.88. The second-order valence-electron chi connectivity index (χ2n) is 9.26. The topological polar surface area (TPSA) is 180 Å². The molecular formula is C27H44N4O7. The lowest BCUT2D eigenvalue weighted by atomic mass is 10.1. The highest BCUT2D eigenvalue weighted by molar-refractivity contribution is 5.87. The fourth-order valence-electron chi connectivity index (χ4n) is 3.79. The van der Waals surface area contributed by atoms with Crippen molar-refractivity contribution in [3.8, 4) is 5.75 Å². The zero-order valence-corrected chi connectivity index (χ0v) is 22.2. The van der Waals surface area contributed by atoms with Crippen molar-refractivity contribution in [2.45, 2.75) is 89.5 Å². The Labute approximate surface area is 224 Å². The number of hydrogen-bond donors (Lipinski definition) is 6. The lowest BCUT2D eigenvalue weighted by molar-refractivity contribution is -0.139. The smallest absolute Gasteiger partial charge is 0.335 e. The van der Waals surface area contributed by atoms with Gasteiger partial charge in [0, 0.05) is 25.9 Å². The summed E-state index contributed by atoms with van der Waals surface area (Å²) >= 11 is 0. The van der Waals surface area contributed by atoms with Crippen LogP contribution in [0.1, 0.15) is 93.8 Å². The summed E-state index contributed by atoms with van der Waals surface area (Å²) in [5.41, 5.74) is 2.49. The Morgan fingerprint density at radius 1 is 0.737 bits per heavy atom. The monoisotopic (exact) mass is 536 g/mol. The molecule has 0 aliphatic rings. The largest absolute Gasteiger partial charge is 0.494 e. The molecule has 1 aromatic rings. The molecule has 0 radical (unpaired) electrons. The molecule has 7 N–H and O–H groups in total. The summed E-state index contributed by atoms with van der Waals surface area (Å²) in [6.07, 6.45) is 10.3. The number of carbonyl (C=O) groups is 4. The maximum Gasteiger partial charge on any atom is 0.335 e. The highest BCUT2D eigenvalue weighted by Crippen LogP contribution is 2.14. The van der Waals surface area contributed by atoms with Gasteiger partial charge in [-0.05, 0) is 62.8 Å². The van der Waals surface area contributed by atoms with E-state index in [4.69, 9.17) is 20.8 Å². The zero-order chi connectivity index (χ0) is 28.0. The number of carboxylic acid groups (broad SMARTS) is 2. The summed E-state index contributed by atoms with van der Waals surface area (Å²) in [7, 11) is 0. The van der Waals surface area contributed by atoms with E-state index in [9.17, 15) is 19.2 Å². The average Bonchev–Trinajstić information content (AvgIpc) is 2.89. The minimum atomic E-state index is -0.988. The standard InChI is InChI=1S/C27H44N4O7/c28-31-23(27(36)37)11-7-8-18-29-25(33)13-10-19-30-24(32)12-6-4-2-1-3-5-9-20-38-22-16-14-21(15-17-22)26(34)35/h14-17,23,31H,1-13,18-20,28H2,(H,29,33)(H,30,32)(H,34,35)(H,36,37)/t23-/m0/s1. The first kappa shape index (κ1) is 32.8. The van der Waals surface area contributed by atoms with Gasteiger partial charge >= 0.3 is 11.9 Å². The summed E-state index contributed by atoms with van der Waals surface area (Å²) in [6, 6.07) is 5.64. The SMILES string of the molecule is NN[C@@H](CCCCNC(=O)CCCNC(=O)CCCCCCCCCOc1ccc(C(=O)O)cc1)C(=O)O. The molecule has 0 spiro atoms. The van der Waals surface area contributed by atoms with Crippen LogP contribution in [0, 0.1) is 0 Å². The summed E-state index contributed by atoms with van der Waals surface area (Å²) in [4.78, 5) is 45.4. The summed E-state index contributed by atoms with van der Waals surface area (Å²) < 4.78 is 5.63. The van der Waals surface area contributed by atoms with Crippen LogP contribution in [0.25, 0.3) is 0 Å². The fraction of sp³-hybridized carbons (Fsp3) is 0.630. The number of hydrazine groups is 1. The number of carboxylic acids is 2. The van der Waals surface area contributed by atoms with Gasteiger partial charge in [0.15, 0.2) is 0 Å². The van der Waals surface area contributed by atoms with Crippen molar-refractivity contribution in [1.82, 2.24) is 16.1 Å². The maximum atomic E-state index is 11.9. The number of benzene rings is 1. The molecule has 0 unspecified atom stereocenters. The number of aliphatic carboxylic acids is 1. The van der Waals surface area contributed by atoms with Crippen LogP contribution in [0.15, 0.2) is 24.3 Å². The minimum absolute atomic E-state index is 0.0143. The van der Waals surface area contributed by atoms with Crippen LogP contribution in [-0.4, -0.2) is 59.7 Å². The summed E-state index contributed by atoms with van der Waals surface area (Å²) in [6.45, 7) is 1.57. The Morgan fingerprint density at radius 2 is 1.29 bits per heavy atom. The summed E-state index contributed by atoms with van der Waals surface area (Å²) in [5, 5.41) is 23.4. The second-order valence-corrected chi connectivity index (χ2v) is 9.26. The van der Waals surface area contributed by atoms with Crippen molar-refractivity contribution < 1.29 is 34.1 Å². The van der Waals surface area contributed by atoms with Gasteiger partial charge in [0.25, 0.3) is 0 Å². The third-order valence-corrected chi connectivity index (χ3v) is 6.06. The van der Waals surface area contributed by atoms with E-state index in [2.05, 4.69) is 16.1 Å². The number of aromatic carboxylic acids is 1. The molecule has 2 amide bonds. The predicted molar refractivity (Wildman–Crippen MR) is 144 cm³/mol. The highest BCUT2D eigenvalue weighted by atomic mass is 16.5. The lowest BCUT2D eigenvalue weighted by Crippen LogP contribution is -2.41. The van der Waals surface area contributed by atoms with Gasteiger partial charge in [0.05, 0.1) is 12.2 Å². The first-order valence-electron chi connectivity index (χ1n) is 13.5. The molecule has 1 atom stereocenters. The molecular weight excluding hydrogens is 492 g/mol. The van der Waals surface area contributed by atoms with E-state index in [0.717, 1.165) is 44.9 Å². The minimum Gasteiger partial charge on any atom is -0.494 e. The first-order valence-corrected chi connectivity index (χ1v) is 13.5. The number of carbonyl (C=O) groups excluding carboxylic acids is 2. The van der Waals surface area contributed by atoms with Crippen LogP contribution < -0.4 is 26.6 Å². The molecule has 1 rings (SSSR count). The van der Waals surface area contributed by atoms with Crippen molar-refractivity contribution in [3.05, 3.63) is 29.8 Å². The van der Waals surface area contributed by atoms with Crippen molar-refractivity contribution in [2.24, 2.45) is 5.84 Å². The molecule has 38 heavy (non-hydrogen) atoms. The molecule has 0 aliphatic carbocycles. The van der Waals surface area contributed by atoms with E-state index in [0.29, 0.717) is 64.0 Å². The van der Waals surface area contributed by atoms with Crippen LogP contribution in [0.3, 0.4) is 0 Å². The van der Waals surface area contributed by atoms with E-state index in [1.807, 2.05) is 0 Å². The Morgan fingerprint density at radius 3 is 1.87 bits per heavy atom. The Bertz CT molecular complexity index is 833. The van der Waals surface area contributed by atoms with Crippen molar-refractivity contribution in [1.29, 1.82) is 0 Å². The highest BCUT2D eigenvalue weighted by Gasteiger charge is 2.14. The van der Waals surface area contributed by atoms with Crippen molar-refractivity contribution in [2.75, 3.05) is 19.7 Å². The molecule has 0 aliphatic heterocycles. The first-order chi connectivity index (χ1) is 18.3. The molecule has 0 aromatic heterocycles. The van der Waals surface area contributed by atoms with Gasteiger partial charge in [0.2, 0.25) is 11.8 Å². The molecule has 1 aromatic carbocycles. The van der Waals surface area contributed by atoms with Gasteiger partial charge in [0.1, 0.15) is 11.8 Å². The van der Waals surface area contributed by atoms with Gasteiger partial charge in [-0.3, -0.25) is 20.2 Å². The van der Waals surface area contributed by atoms with Gasteiger partial charge in [-0.2, -0.15) is 0 Å². The molecule has 0 saturated carbocycles. The number of nitrogens with two attached hydrogens (primary N) is 1. The van der Waals surface area contributed by atoms with Crippen LogP contribution >= 0.6 is 0 Å². The normalized spacial score (nSPS) is 11.5. The van der Waals surface area contributed by atoms with Crippen molar-refractivity contribution >= 4 is 23.8 Å². The van der Waals surface area contributed by atoms with Crippen LogP contribution in [0.2, 0.25) is 0 Å². The maximum absolute atomic E-state index is 11.9. The molecule has 0 saturated heterocycles. The molecule has 214 valence electrons. The van der Waals surface area contributed by atoms with E-state index in [-0.39, 0.29) is 17.4 Å². The van der Waals surface area contributed by atoms with Crippen LogP contribution in [0.5, 0.6) is 5.75 Å². The van der Waals surface area contributed by atoms with E-state index >= 15 is 0 Å². The predicted octanol–water partition coefficient (Wildman–Crippen LogP) is 2.98. The third-order valence-electron chi connectivity index (χ3n) is 6.06. The number of nitrogens with one attached hydrogen (secondary N) is 3. The van der Waals surface area contributed by atoms with E-state index in [1.165, 1.54) is 12.1 Å². The van der Waals surface area contributed by atoms with Gasteiger partial charge in [-0.1, -0.05) is 32.1 Å². The average molecular weight is 537 g/mol. The molecule has 11 nitrogen and oxygen atoms in total. The number of amides is 2. The molecule has 0 bridgehead atoms. The lowest BCUT2D eigenvalue weighted by Gasteiger charge is -2.10. The fourth-order valence-corrected chi connectivity index (χ4v) is 3.79. The molecule has 11 heteroatoms. The Kier molecular flexibility index (Phi) is 18.0. The number of rotatable bonds is 23. The van der Waals surface area contributed by atoms with Gasteiger partial charge < -0.3 is 25.6 Å². The molecule has 0 fully saturated rings. The van der Waals surface area contributed by atoms with E-state index < -0.39 is 18.0 Å². The second kappa shape index (κ2) is 20.8. The number of ether oxygens (including phenoxy) is 1. The third kappa shape index (κ3) is 16.5. The van der Waals surface area contributed by atoms with Gasteiger partial charge in [-0.15, -0.1) is 0 Å². The van der Waals surface area contributed by atoms with Gasteiger partial charge in [-0.25, -0.2) is 10.2 Å². The summed E-state index contributed by atoms with van der Waals surface area (Å²) in [5.74, 6) is 3.85. The van der Waals surface area contributed by atoms with Crippen molar-refractivity contribution in [3.63, 3.8) is 0 Å². The Hall–Kier alpha value is -3.18.